The van der Waals surface area contributed by atoms with Gasteiger partial charge in [-0.05, 0) is 99.8 Å². The van der Waals surface area contributed by atoms with Crippen molar-refractivity contribution in [2.75, 3.05) is 13.2 Å². The zero-order valence-corrected chi connectivity index (χ0v) is 28.6. The molecule has 3 aromatic carbocycles. The minimum atomic E-state index is -3.98. The highest BCUT2D eigenvalue weighted by atomic mass is 32.2. The van der Waals surface area contributed by atoms with Crippen molar-refractivity contribution in [3.05, 3.63) is 113 Å². The van der Waals surface area contributed by atoms with E-state index in [-0.39, 0.29) is 16.0 Å². The Morgan fingerprint density at radius 2 is 1.58 bits per heavy atom. The van der Waals surface area contributed by atoms with E-state index in [0.29, 0.717) is 24.1 Å². The van der Waals surface area contributed by atoms with E-state index in [2.05, 4.69) is 18.7 Å². The summed E-state index contributed by atoms with van der Waals surface area (Å²) in [4.78, 5) is 20.9. The van der Waals surface area contributed by atoms with Crippen molar-refractivity contribution < 1.29 is 13.2 Å². The average Bonchev–Trinajstić information content (AvgIpc) is 3.54. The first-order valence-corrected chi connectivity index (χ1v) is 18.0. The second kappa shape index (κ2) is 12.7. The van der Waals surface area contributed by atoms with Gasteiger partial charge in [0.2, 0.25) is 0 Å². The summed E-state index contributed by atoms with van der Waals surface area (Å²) >= 11 is 0. The molecule has 6 aromatic rings. The molecule has 0 unspecified atom stereocenters. The van der Waals surface area contributed by atoms with Crippen molar-refractivity contribution in [3.8, 4) is 28.1 Å². The first kappa shape index (κ1) is 31.8. The molecule has 1 fully saturated rings. The van der Waals surface area contributed by atoms with Crippen molar-refractivity contribution in [2.24, 2.45) is 7.05 Å². The van der Waals surface area contributed by atoms with Gasteiger partial charge >= 0.3 is 0 Å². The number of nitrogens with zero attached hydrogens (tertiary/aromatic N) is 4. The van der Waals surface area contributed by atoms with Crippen LogP contribution >= 0.6 is 0 Å². The molecule has 0 radical (unpaired) electrons. The minimum absolute atomic E-state index is 0.118. The molecule has 4 heterocycles. The minimum Gasteiger partial charge on any atom is -0.492 e. The number of hydrogen-bond donors (Lipinski definition) is 0. The van der Waals surface area contributed by atoms with Crippen molar-refractivity contribution >= 4 is 31.8 Å². The number of aromatic nitrogens is 3. The molecule has 0 N–H and O–H groups in total. The monoisotopic (exact) mass is 660 g/mol. The van der Waals surface area contributed by atoms with Crippen LogP contribution in [0.15, 0.2) is 107 Å². The summed E-state index contributed by atoms with van der Waals surface area (Å²) in [5.41, 5.74) is 5.00. The fourth-order valence-electron chi connectivity index (χ4n) is 6.94. The van der Waals surface area contributed by atoms with E-state index in [9.17, 15) is 13.2 Å². The van der Waals surface area contributed by atoms with Crippen molar-refractivity contribution in [3.63, 3.8) is 0 Å². The van der Waals surface area contributed by atoms with Crippen LogP contribution in [0, 0.1) is 6.92 Å². The Bertz CT molecular complexity index is 2280. The molecule has 1 aliphatic rings. The van der Waals surface area contributed by atoms with Gasteiger partial charge in [0, 0.05) is 60.0 Å². The molecule has 0 spiro atoms. The highest BCUT2D eigenvalue weighted by Crippen LogP contribution is 2.32. The summed E-state index contributed by atoms with van der Waals surface area (Å²) in [6.45, 7) is 8.12. The van der Waals surface area contributed by atoms with E-state index in [4.69, 9.17) is 9.72 Å². The molecular formula is C39H40N4O4S. The standard InChI is InChI=1S/C39H40N4O4S/c1-26-8-16-33(17-9-26)48(45,46)43-21-20-34-35(25-41(4)39(44)38(34)43)30-12-18-37-31(24-30)13-19-36(40-37)29-10-14-32(15-11-29)47-23-22-42-27(2)6-5-7-28(42)3/h8-21,24-25,27-28H,5-7,22-23H2,1-4H3/t27-,28+. The van der Waals surface area contributed by atoms with E-state index in [1.165, 1.54) is 30.0 Å². The average molecular weight is 661 g/mol. The van der Waals surface area contributed by atoms with E-state index < -0.39 is 10.0 Å². The summed E-state index contributed by atoms with van der Waals surface area (Å²) in [5.74, 6) is 0.852. The van der Waals surface area contributed by atoms with Crippen molar-refractivity contribution in [2.45, 2.75) is 57.0 Å². The quantitative estimate of drug-likeness (QED) is 0.169. The van der Waals surface area contributed by atoms with Crippen LogP contribution in [0.1, 0.15) is 38.7 Å². The fraction of sp³-hybridized carbons (Fsp3) is 0.282. The Balaban J connectivity index is 1.13. The van der Waals surface area contributed by atoms with Gasteiger partial charge in [0.05, 0.1) is 16.1 Å². The van der Waals surface area contributed by atoms with Gasteiger partial charge in [-0.25, -0.2) is 17.4 Å². The summed E-state index contributed by atoms with van der Waals surface area (Å²) in [7, 11) is -2.34. The van der Waals surface area contributed by atoms with E-state index in [1.54, 1.807) is 43.6 Å². The van der Waals surface area contributed by atoms with Crippen LogP contribution in [0.5, 0.6) is 5.75 Å². The van der Waals surface area contributed by atoms with Gasteiger partial charge in [-0.15, -0.1) is 0 Å². The molecule has 1 saturated heterocycles. The van der Waals surface area contributed by atoms with Gasteiger partial charge in [0.25, 0.3) is 15.6 Å². The molecule has 0 saturated carbocycles. The smallest absolute Gasteiger partial charge is 0.275 e. The number of piperidine rings is 1. The van der Waals surface area contributed by atoms with Gasteiger partial charge in [0.15, 0.2) is 0 Å². The third kappa shape index (κ3) is 5.93. The molecule has 246 valence electrons. The van der Waals surface area contributed by atoms with Gasteiger partial charge in [0.1, 0.15) is 17.9 Å². The van der Waals surface area contributed by atoms with Crippen LogP contribution < -0.4 is 10.3 Å². The number of ether oxygens (including phenoxy) is 1. The molecular weight excluding hydrogens is 621 g/mol. The third-order valence-electron chi connectivity index (χ3n) is 9.71. The molecule has 9 heteroatoms. The summed E-state index contributed by atoms with van der Waals surface area (Å²) in [5, 5.41) is 1.51. The van der Waals surface area contributed by atoms with Crippen LogP contribution in [0.2, 0.25) is 0 Å². The molecule has 8 nitrogen and oxygen atoms in total. The Morgan fingerprint density at radius 1 is 0.875 bits per heavy atom. The first-order chi connectivity index (χ1) is 23.1. The lowest BCUT2D eigenvalue weighted by Gasteiger charge is -2.38. The number of hydrogen-bond acceptors (Lipinski definition) is 6. The Hall–Kier alpha value is -4.73. The number of aryl methyl sites for hydroxylation is 2. The lowest BCUT2D eigenvalue weighted by molar-refractivity contribution is 0.0851. The van der Waals surface area contributed by atoms with Crippen molar-refractivity contribution in [1.29, 1.82) is 0 Å². The molecule has 1 aliphatic heterocycles. The molecule has 3 aromatic heterocycles. The summed E-state index contributed by atoms with van der Waals surface area (Å²) in [6.07, 6.45) is 7.04. The second-order valence-corrected chi connectivity index (χ2v) is 14.8. The van der Waals surface area contributed by atoms with E-state index in [0.717, 1.165) is 55.1 Å². The maximum atomic E-state index is 13.6. The fourth-order valence-corrected chi connectivity index (χ4v) is 8.29. The number of benzene rings is 3. The predicted octanol–water partition coefficient (Wildman–Crippen LogP) is 7.41. The van der Waals surface area contributed by atoms with Crippen molar-refractivity contribution in [1.82, 2.24) is 18.4 Å². The Kier molecular flexibility index (Phi) is 8.43. The van der Waals surface area contributed by atoms with Crippen LogP contribution in [0.25, 0.3) is 44.2 Å². The van der Waals surface area contributed by atoms with Crippen LogP contribution in [-0.2, 0) is 17.1 Å². The Labute approximate surface area is 281 Å². The number of rotatable bonds is 8. The SMILES string of the molecule is Cc1ccc(S(=O)(=O)n2ccc3c(-c4ccc5nc(-c6ccc(OCCN7[C@H](C)CCC[C@@H]7C)cc6)ccc5c4)cn(C)c(=O)c32)cc1. The third-order valence-corrected chi connectivity index (χ3v) is 11.4. The molecule has 0 bridgehead atoms. The summed E-state index contributed by atoms with van der Waals surface area (Å²) in [6, 6.07) is 27.6. The van der Waals surface area contributed by atoms with Gasteiger partial charge in [-0.3, -0.25) is 9.69 Å². The molecule has 0 amide bonds. The van der Waals surface area contributed by atoms with Crippen LogP contribution in [0.4, 0.5) is 0 Å². The largest absolute Gasteiger partial charge is 0.492 e. The van der Waals surface area contributed by atoms with Gasteiger partial charge in [-0.1, -0.05) is 36.2 Å². The highest BCUT2D eigenvalue weighted by Gasteiger charge is 2.25. The second-order valence-electron chi connectivity index (χ2n) is 13.0. The first-order valence-electron chi connectivity index (χ1n) is 16.5. The normalized spacial score (nSPS) is 17.2. The van der Waals surface area contributed by atoms with E-state index >= 15 is 0 Å². The number of pyridine rings is 2. The topological polar surface area (TPSA) is 86.4 Å². The lowest BCUT2D eigenvalue weighted by atomic mass is 9.98. The van der Waals surface area contributed by atoms with Crippen LogP contribution in [0.3, 0.4) is 0 Å². The van der Waals surface area contributed by atoms with Gasteiger partial charge in [-0.2, -0.15) is 0 Å². The highest BCUT2D eigenvalue weighted by molar-refractivity contribution is 7.90. The summed E-state index contributed by atoms with van der Waals surface area (Å²) < 4.78 is 35.8. The van der Waals surface area contributed by atoms with E-state index in [1.807, 2.05) is 61.5 Å². The predicted molar refractivity (Wildman–Crippen MR) is 192 cm³/mol. The lowest BCUT2D eigenvalue weighted by Crippen LogP contribution is -2.45. The molecule has 7 rings (SSSR count). The zero-order valence-electron chi connectivity index (χ0n) is 27.8. The zero-order chi connectivity index (χ0) is 33.6. The van der Waals surface area contributed by atoms with Gasteiger partial charge < -0.3 is 9.30 Å². The van der Waals surface area contributed by atoms with Crippen LogP contribution in [-0.4, -0.2) is 52.1 Å². The number of fused-ring (bicyclic) bond motifs is 2. The maximum Gasteiger partial charge on any atom is 0.275 e. The Morgan fingerprint density at radius 3 is 2.31 bits per heavy atom. The number of likely N-dealkylation sites (tertiary alicyclic amines) is 1. The molecule has 48 heavy (non-hydrogen) atoms. The maximum absolute atomic E-state index is 13.6. The molecule has 0 aliphatic carbocycles. The molecule has 2 atom stereocenters.